The second-order valence-corrected chi connectivity index (χ2v) is 12.3. The monoisotopic (exact) mass is 688 g/mol. The van der Waals surface area contributed by atoms with Crippen LogP contribution in [0.25, 0.3) is 11.8 Å². The van der Waals surface area contributed by atoms with E-state index in [0.717, 1.165) is 16.9 Å². The Morgan fingerprint density at radius 3 is 2.49 bits per heavy atom. The van der Waals surface area contributed by atoms with Gasteiger partial charge in [-0.3, -0.25) is 9.36 Å². The van der Waals surface area contributed by atoms with Gasteiger partial charge in [-0.25, -0.2) is 14.2 Å². The number of benzene rings is 4. The highest BCUT2D eigenvalue weighted by Gasteiger charge is 2.35. The molecule has 0 spiro atoms. The Bertz CT molecular complexity index is 2180. The Morgan fingerprint density at radius 1 is 1.02 bits per heavy atom. The number of rotatable bonds is 9. The molecule has 0 amide bonds. The molecule has 0 aliphatic carbocycles. The van der Waals surface area contributed by atoms with Crippen molar-refractivity contribution in [3.05, 3.63) is 154 Å². The summed E-state index contributed by atoms with van der Waals surface area (Å²) in [6.07, 6.45) is 1.68. The molecule has 47 heavy (non-hydrogen) atoms. The van der Waals surface area contributed by atoms with Gasteiger partial charge in [-0.05, 0) is 66.1 Å². The molecule has 2 heterocycles. The van der Waals surface area contributed by atoms with Gasteiger partial charge in [-0.15, -0.1) is 0 Å². The van der Waals surface area contributed by atoms with Crippen LogP contribution in [0.2, 0.25) is 10.0 Å². The fraction of sp³-hybridized carbons (Fsp3) is 0.139. The Labute approximate surface area is 283 Å². The molecular formula is C36H27Cl2FN2O5S. The van der Waals surface area contributed by atoms with E-state index < -0.39 is 23.4 Å². The molecule has 238 valence electrons. The standard InChI is InChI=1S/C36H27Cl2FN2O5S/c1-3-45-35(43)30-31(23-9-5-4-6-10-23)40-36-41(32(30)24-12-14-26(39)15-13-24)34(42)29(47-36)19-22-17-27(38)33(28(18-22)44-2)46-20-21-8-7-11-25(37)16-21/h4-19,32H,3,20H2,1-2H3/b29-19-/t32-/m0/s1. The number of nitrogens with zero attached hydrogens (tertiary/aromatic N) is 2. The highest BCUT2D eigenvalue weighted by Crippen LogP contribution is 2.38. The molecule has 0 saturated carbocycles. The van der Waals surface area contributed by atoms with Crippen molar-refractivity contribution < 1.29 is 23.4 Å². The summed E-state index contributed by atoms with van der Waals surface area (Å²) in [7, 11) is 1.50. The van der Waals surface area contributed by atoms with Gasteiger partial charge in [0.15, 0.2) is 16.3 Å². The first-order valence-corrected chi connectivity index (χ1v) is 16.1. The lowest BCUT2D eigenvalue weighted by atomic mass is 9.93. The van der Waals surface area contributed by atoms with Gasteiger partial charge in [-0.2, -0.15) is 0 Å². The van der Waals surface area contributed by atoms with E-state index in [1.165, 1.54) is 23.8 Å². The smallest absolute Gasteiger partial charge is 0.338 e. The third kappa shape index (κ3) is 6.74. The molecule has 0 saturated heterocycles. The first-order valence-electron chi connectivity index (χ1n) is 14.6. The average Bonchev–Trinajstić information content (AvgIpc) is 3.38. The summed E-state index contributed by atoms with van der Waals surface area (Å²) < 4.78 is 32.9. The molecule has 1 atom stereocenters. The zero-order valence-corrected chi connectivity index (χ0v) is 27.5. The number of hydrogen-bond donors (Lipinski definition) is 0. The molecule has 1 aromatic heterocycles. The van der Waals surface area contributed by atoms with Crippen molar-refractivity contribution in [3.63, 3.8) is 0 Å². The molecule has 1 aliphatic heterocycles. The largest absolute Gasteiger partial charge is 0.493 e. The minimum Gasteiger partial charge on any atom is -0.493 e. The summed E-state index contributed by atoms with van der Waals surface area (Å²) in [5.74, 6) is -0.352. The lowest BCUT2D eigenvalue weighted by Gasteiger charge is -2.25. The van der Waals surface area contributed by atoms with Gasteiger partial charge in [0.05, 0.1) is 40.6 Å². The number of ether oxygens (including phenoxy) is 3. The molecular weight excluding hydrogens is 662 g/mol. The van der Waals surface area contributed by atoms with E-state index in [1.54, 1.807) is 49.4 Å². The molecule has 11 heteroatoms. The third-order valence-corrected chi connectivity index (χ3v) is 8.88. The molecule has 5 aromatic rings. The summed E-state index contributed by atoms with van der Waals surface area (Å²) >= 11 is 13.9. The average molecular weight is 690 g/mol. The van der Waals surface area contributed by atoms with Crippen LogP contribution in [0.5, 0.6) is 11.5 Å². The maximum atomic E-state index is 14.2. The number of methoxy groups -OCH3 is 1. The first-order chi connectivity index (χ1) is 22.8. The van der Waals surface area contributed by atoms with Crippen molar-refractivity contribution in [1.29, 1.82) is 0 Å². The normalized spacial score (nSPS) is 14.4. The van der Waals surface area contributed by atoms with Crippen molar-refractivity contribution >= 4 is 52.3 Å². The van der Waals surface area contributed by atoms with Gasteiger partial charge in [0.2, 0.25) is 0 Å². The topological polar surface area (TPSA) is 79.1 Å². The number of fused-ring (bicyclic) bond motifs is 1. The molecule has 4 aromatic carbocycles. The van der Waals surface area contributed by atoms with Crippen molar-refractivity contribution in [3.8, 4) is 11.5 Å². The van der Waals surface area contributed by atoms with Crippen LogP contribution in [-0.2, 0) is 16.1 Å². The molecule has 0 radical (unpaired) electrons. The second kappa shape index (κ2) is 14.0. The van der Waals surface area contributed by atoms with Crippen molar-refractivity contribution in [2.45, 2.75) is 19.6 Å². The highest BCUT2D eigenvalue weighted by atomic mass is 35.5. The summed E-state index contributed by atoms with van der Waals surface area (Å²) in [4.78, 5) is 32.9. The van der Waals surface area contributed by atoms with E-state index in [9.17, 15) is 14.0 Å². The van der Waals surface area contributed by atoms with Gasteiger partial charge in [0.25, 0.3) is 5.56 Å². The molecule has 0 N–H and O–H groups in total. The summed E-state index contributed by atoms with van der Waals surface area (Å²) in [6, 6.07) is 24.6. The van der Waals surface area contributed by atoms with Gasteiger partial charge < -0.3 is 14.2 Å². The Balaban J connectivity index is 1.49. The number of aromatic nitrogens is 1. The van der Waals surface area contributed by atoms with Gasteiger partial charge in [0.1, 0.15) is 12.4 Å². The number of hydrogen-bond acceptors (Lipinski definition) is 7. The lowest BCUT2D eigenvalue weighted by molar-refractivity contribution is -0.138. The Hall–Kier alpha value is -4.70. The maximum absolute atomic E-state index is 14.2. The number of esters is 1. The zero-order valence-electron chi connectivity index (χ0n) is 25.2. The predicted octanol–water partition coefficient (Wildman–Crippen LogP) is 6.97. The fourth-order valence-corrected chi connectivity index (χ4v) is 6.79. The van der Waals surface area contributed by atoms with E-state index in [-0.39, 0.29) is 23.8 Å². The van der Waals surface area contributed by atoms with E-state index in [4.69, 9.17) is 42.4 Å². The summed E-state index contributed by atoms with van der Waals surface area (Å²) in [5, 5.41) is 0.874. The highest BCUT2D eigenvalue weighted by molar-refractivity contribution is 7.07. The molecule has 0 unspecified atom stereocenters. The number of halogens is 3. The zero-order chi connectivity index (χ0) is 33.1. The molecule has 1 aliphatic rings. The maximum Gasteiger partial charge on any atom is 0.338 e. The first kappa shape index (κ1) is 32.2. The van der Waals surface area contributed by atoms with Crippen LogP contribution in [0.3, 0.4) is 0 Å². The van der Waals surface area contributed by atoms with Crippen LogP contribution < -0.4 is 24.4 Å². The number of thiazole rings is 1. The van der Waals surface area contributed by atoms with Crippen LogP contribution in [-0.4, -0.2) is 24.3 Å². The summed E-state index contributed by atoms with van der Waals surface area (Å²) in [6.45, 7) is 2.03. The minimum atomic E-state index is -0.927. The SMILES string of the molecule is CCOC(=O)C1=C(c2ccccc2)N=c2s/c(=C\c3cc(Cl)c(OCc4cccc(Cl)c4)c(OC)c3)c(=O)n2[C@H]1c1ccc(F)cc1. The van der Waals surface area contributed by atoms with Crippen molar-refractivity contribution in [2.24, 2.45) is 4.99 Å². The van der Waals surface area contributed by atoms with Crippen molar-refractivity contribution in [1.82, 2.24) is 4.57 Å². The molecule has 7 nitrogen and oxygen atoms in total. The van der Waals surface area contributed by atoms with E-state index in [2.05, 4.69) is 0 Å². The van der Waals surface area contributed by atoms with Crippen LogP contribution in [0.15, 0.2) is 106 Å². The van der Waals surface area contributed by atoms with Crippen LogP contribution in [0.4, 0.5) is 4.39 Å². The predicted molar refractivity (Wildman–Crippen MR) is 181 cm³/mol. The number of carbonyl (C=O) groups excluding carboxylic acids is 1. The Morgan fingerprint density at radius 2 is 1.79 bits per heavy atom. The van der Waals surface area contributed by atoms with Crippen LogP contribution in [0, 0.1) is 5.82 Å². The van der Waals surface area contributed by atoms with Crippen molar-refractivity contribution in [2.75, 3.05) is 13.7 Å². The van der Waals surface area contributed by atoms with E-state index in [1.807, 2.05) is 42.5 Å². The van der Waals surface area contributed by atoms with E-state index in [0.29, 0.717) is 48.2 Å². The lowest BCUT2D eigenvalue weighted by Crippen LogP contribution is -2.40. The molecule has 0 fully saturated rings. The second-order valence-electron chi connectivity index (χ2n) is 10.4. The van der Waals surface area contributed by atoms with Crippen LogP contribution in [0.1, 0.15) is 35.2 Å². The quantitative estimate of drug-likeness (QED) is 0.156. The fourth-order valence-electron chi connectivity index (χ4n) is 5.30. The van der Waals surface area contributed by atoms with Gasteiger partial charge >= 0.3 is 5.97 Å². The van der Waals surface area contributed by atoms with E-state index >= 15 is 0 Å². The number of carbonyl (C=O) groups is 1. The third-order valence-electron chi connectivity index (χ3n) is 7.38. The Kier molecular flexibility index (Phi) is 9.58. The molecule has 6 rings (SSSR count). The van der Waals surface area contributed by atoms with Crippen LogP contribution >= 0.6 is 34.5 Å². The molecule has 0 bridgehead atoms. The van der Waals surface area contributed by atoms with Gasteiger partial charge in [-0.1, -0.05) is 89.1 Å². The summed E-state index contributed by atoms with van der Waals surface area (Å²) in [5.41, 5.74) is 2.79. The van der Waals surface area contributed by atoms with Gasteiger partial charge in [0, 0.05) is 10.6 Å². The minimum absolute atomic E-state index is 0.117.